The molecule has 0 saturated carbocycles. The summed E-state index contributed by atoms with van der Waals surface area (Å²) in [4.78, 5) is 30.8. The molecule has 2 aromatic carbocycles. The summed E-state index contributed by atoms with van der Waals surface area (Å²) >= 11 is 0. The Morgan fingerprint density at radius 3 is 2.21 bits per heavy atom. The maximum Gasteiger partial charge on any atom is 0.320 e. The highest BCUT2D eigenvalue weighted by Gasteiger charge is 2.35. The molecule has 2 saturated heterocycles. The molecule has 0 unspecified atom stereocenters. The molecule has 6 heteroatoms. The van der Waals surface area contributed by atoms with Crippen LogP contribution in [0.3, 0.4) is 0 Å². The molecule has 2 fully saturated rings. The normalized spacial score (nSPS) is 21.8. The molecule has 6 nitrogen and oxygen atoms in total. The molecule has 0 aliphatic carbocycles. The third-order valence-electron chi connectivity index (χ3n) is 5.74. The van der Waals surface area contributed by atoms with E-state index in [1.54, 1.807) is 0 Å². The lowest BCUT2D eigenvalue weighted by Crippen LogP contribution is -2.41. The SMILES string of the molecule is C[C@H]1CN(Cc2ccccc2)C(=O)N1CCN1C[C@H](Cc2ccccc2)NC1=O. The Balaban J connectivity index is 1.29. The van der Waals surface area contributed by atoms with E-state index in [4.69, 9.17) is 0 Å². The molecular formula is C23H28N4O2. The predicted molar refractivity (Wildman–Crippen MR) is 112 cm³/mol. The zero-order valence-corrected chi connectivity index (χ0v) is 16.8. The van der Waals surface area contributed by atoms with Crippen LogP contribution in [0.5, 0.6) is 0 Å². The number of urea groups is 2. The summed E-state index contributed by atoms with van der Waals surface area (Å²) in [6.45, 7) is 5.23. The van der Waals surface area contributed by atoms with Crippen LogP contribution < -0.4 is 5.32 Å². The fraction of sp³-hybridized carbons (Fsp3) is 0.391. The Morgan fingerprint density at radius 2 is 1.52 bits per heavy atom. The fourth-order valence-corrected chi connectivity index (χ4v) is 4.21. The van der Waals surface area contributed by atoms with E-state index in [0.29, 0.717) is 26.2 Å². The molecule has 4 rings (SSSR count). The van der Waals surface area contributed by atoms with Gasteiger partial charge in [0, 0.05) is 38.8 Å². The van der Waals surface area contributed by atoms with E-state index in [1.165, 1.54) is 5.56 Å². The van der Waals surface area contributed by atoms with Crippen LogP contribution in [0.1, 0.15) is 18.1 Å². The van der Waals surface area contributed by atoms with E-state index in [1.807, 2.05) is 63.2 Å². The second kappa shape index (κ2) is 8.55. The van der Waals surface area contributed by atoms with Crippen molar-refractivity contribution in [2.45, 2.75) is 32.0 Å². The number of hydrogen-bond acceptors (Lipinski definition) is 2. The average molecular weight is 393 g/mol. The van der Waals surface area contributed by atoms with Gasteiger partial charge in [-0.15, -0.1) is 0 Å². The number of carbonyl (C=O) groups is 2. The minimum atomic E-state index is -0.0358. The second-order valence-corrected chi connectivity index (χ2v) is 7.97. The second-order valence-electron chi connectivity index (χ2n) is 7.97. The highest BCUT2D eigenvalue weighted by molar-refractivity contribution is 5.78. The third kappa shape index (κ3) is 4.53. The van der Waals surface area contributed by atoms with Crippen molar-refractivity contribution in [3.8, 4) is 0 Å². The fourth-order valence-electron chi connectivity index (χ4n) is 4.21. The first-order valence-electron chi connectivity index (χ1n) is 10.3. The molecule has 1 N–H and O–H groups in total. The molecular weight excluding hydrogens is 364 g/mol. The van der Waals surface area contributed by atoms with Gasteiger partial charge in [0.15, 0.2) is 0 Å². The molecule has 0 spiro atoms. The zero-order valence-electron chi connectivity index (χ0n) is 16.8. The first-order chi connectivity index (χ1) is 14.1. The lowest BCUT2D eigenvalue weighted by molar-refractivity contribution is 0.177. The highest BCUT2D eigenvalue weighted by Crippen LogP contribution is 2.19. The van der Waals surface area contributed by atoms with Gasteiger partial charge >= 0.3 is 12.1 Å². The van der Waals surface area contributed by atoms with Crippen molar-refractivity contribution in [1.29, 1.82) is 0 Å². The Bertz CT molecular complexity index is 842. The summed E-state index contributed by atoms with van der Waals surface area (Å²) in [6, 6.07) is 20.6. The quantitative estimate of drug-likeness (QED) is 0.788. The van der Waals surface area contributed by atoms with E-state index in [2.05, 4.69) is 24.4 Å². The molecule has 2 aromatic rings. The Labute approximate surface area is 172 Å². The van der Waals surface area contributed by atoms with Gasteiger partial charge in [-0.1, -0.05) is 60.7 Å². The van der Waals surface area contributed by atoms with Gasteiger partial charge in [-0.2, -0.15) is 0 Å². The molecule has 0 bridgehead atoms. The van der Waals surface area contributed by atoms with E-state index in [9.17, 15) is 9.59 Å². The van der Waals surface area contributed by atoms with Crippen LogP contribution in [0.25, 0.3) is 0 Å². The predicted octanol–water partition coefficient (Wildman–Crippen LogP) is 2.95. The van der Waals surface area contributed by atoms with Gasteiger partial charge < -0.3 is 20.0 Å². The first-order valence-corrected chi connectivity index (χ1v) is 10.3. The van der Waals surface area contributed by atoms with E-state index >= 15 is 0 Å². The van der Waals surface area contributed by atoms with E-state index < -0.39 is 0 Å². The lowest BCUT2D eigenvalue weighted by atomic mass is 10.1. The topological polar surface area (TPSA) is 55.9 Å². The molecule has 2 atom stereocenters. The summed E-state index contributed by atoms with van der Waals surface area (Å²) < 4.78 is 0. The number of hydrogen-bond donors (Lipinski definition) is 1. The van der Waals surface area contributed by atoms with Gasteiger partial charge in [-0.3, -0.25) is 0 Å². The maximum absolute atomic E-state index is 12.8. The van der Waals surface area contributed by atoms with Crippen LogP contribution in [0, 0.1) is 0 Å². The van der Waals surface area contributed by atoms with Gasteiger partial charge in [0.25, 0.3) is 0 Å². The standard InChI is InChI=1S/C23H28N4O2/c1-18-15-26(16-20-10-6-3-7-11-20)23(29)27(18)13-12-25-17-21(24-22(25)28)14-19-8-4-2-5-9-19/h2-11,18,21H,12-17H2,1H3,(H,24,28)/t18-,21-/m0/s1. The number of benzene rings is 2. The first kappa shape index (κ1) is 19.3. The van der Waals surface area contributed by atoms with Gasteiger partial charge in [-0.25, -0.2) is 9.59 Å². The molecule has 2 heterocycles. The van der Waals surface area contributed by atoms with Crippen molar-refractivity contribution in [2.24, 2.45) is 0 Å². The minimum Gasteiger partial charge on any atom is -0.333 e. The highest BCUT2D eigenvalue weighted by atomic mass is 16.2. The van der Waals surface area contributed by atoms with Crippen LogP contribution in [0.15, 0.2) is 60.7 Å². The number of amides is 4. The molecule has 0 aromatic heterocycles. The summed E-state index contributed by atoms with van der Waals surface area (Å²) in [5.41, 5.74) is 2.36. The molecule has 0 radical (unpaired) electrons. The third-order valence-corrected chi connectivity index (χ3v) is 5.74. The molecule has 2 aliphatic rings. The van der Waals surface area contributed by atoms with Gasteiger partial charge in [-0.05, 0) is 24.5 Å². The van der Waals surface area contributed by atoms with Crippen LogP contribution >= 0.6 is 0 Å². The van der Waals surface area contributed by atoms with Crippen molar-refractivity contribution in [3.63, 3.8) is 0 Å². The smallest absolute Gasteiger partial charge is 0.320 e. The number of nitrogens with one attached hydrogen (secondary N) is 1. The number of rotatable bonds is 7. The van der Waals surface area contributed by atoms with Gasteiger partial charge in [0.1, 0.15) is 0 Å². The molecule has 4 amide bonds. The van der Waals surface area contributed by atoms with Gasteiger partial charge in [0.05, 0.1) is 6.04 Å². The van der Waals surface area contributed by atoms with Gasteiger partial charge in [0.2, 0.25) is 0 Å². The Morgan fingerprint density at radius 1 is 0.862 bits per heavy atom. The summed E-state index contributed by atoms with van der Waals surface area (Å²) in [6.07, 6.45) is 0.826. The molecule has 29 heavy (non-hydrogen) atoms. The maximum atomic E-state index is 12.8. The van der Waals surface area contributed by atoms with Crippen molar-refractivity contribution in [1.82, 2.24) is 20.0 Å². The Kier molecular flexibility index (Phi) is 5.69. The van der Waals surface area contributed by atoms with Crippen LogP contribution in [0.2, 0.25) is 0 Å². The zero-order chi connectivity index (χ0) is 20.2. The lowest BCUT2D eigenvalue weighted by Gasteiger charge is -2.24. The number of nitrogens with zero attached hydrogens (tertiary/aromatic N) is 3. The largest absolute Gasteiger partial charge is 0.333 e. The van der Waals surface area contributed by atoms with Crippen LogP contribution in [-0.2, 0) is 13.0 Å². The minimum absolute atomic E-state index is 0.0358. The van der Waals surface area contributed by atoms with Crippen molar-refractivity contribution in [3.05, 3.63) is 71.8 Å². The Hall–Kier alpha value is -3.02. The number of carbonyl (C=O) groups excluding carboxylic acids is 2. The van der Waals surface area contributed by atoms with E-state index in [0.717, 1.165) is 18.5 Å². The van der Waals surface area contributed by atoms with Crippen molar-refractivity contribution >= 4 is 12.1 Å². The average Bonchev–Trinajstić information content (AvgIpc) is 3.20. The van der Waals surface area contributed by atoms with Crippen molar-refractivity contribution < 1.29 is 9.59 Å². The van der Waals surface area contributed by atoms with Crippen LogP contribution in [0.4, 0.5) is 9.59 Å². The molecule has 152 valence electrons. The monoisotopic (exact) mass is 392 g/mol. The molecule has 2 aliphatic heterocycles. The van der Waals surface area contributed by atoms with Crippen LogP contribution in [-0.4, -0.2) is 65.0 Å². The summed E-state index contributed by atoms with van der Waals surface area (Å²) in [5.74, 6) is 0. The van der Waals surface area contributed by atoms with E-state index in [-0.39, 0.29) is 24.1 Å². The van der Waals surface area contributed by atoms with Crippen molar-refractivity contribution in [2.75, 3.05) is 26.2 Å². The summed E-state index contributed by atoms with van der Waals surface area (Å²) in [7, 11) is 0. The summed E-state index contributed by atoms with van der Waals surface area (Å²) in [5, 5.41) is 3.06.